The largest absolute Gasteiger partial charge is 0.457 e. The minimum atomic E-state index is -4.97. The highest BCUT2D eigenvalue weighted by Gasteiger charge is 2.39. The van der Waals surface area contributed by atoms with E-state index in [1.807, 2.05) is 6.92 Å². The zero-order valence-electron chi connectivity index (χ0n) is 17.7. The molecule has 0 aliphatic carbocycles. The first-order valence-electron chi connectivity index (χ1n) is 10.0. The first kappa shape index (κ1) is 25.5. The molecular weight excluding hydrogens is 467 g/mol. The average molecular weight is 487 g/mol. The maximum absolute atomic E-state index is 14.6. The third-order valence-corrected chi connectivity index (χ3v) is 4.98. The van der Waals surface area contributed by atoms with Gasteiger partial charge in [-0.1, -0.05) is 29.8 Å². The Morgan fingerprint density at radius 2 is 1.56 bits per heavy atom. The molecule has 1 unspecified atom stereocenters. The lowest BCUT2D eigenvalue weighted by molar-refractivity contribution is -0.202. The first-order valence-corrected chi connectivity index (χ1v) is 10.0. The Morgan fingerprint density at radius 3 is 2.18 bits per heavy atom. The molecule has 0 bridgehead atoms. The van der Waals surface area contributed by atoms with Crippen LogP contribution in [0.1, 0.15) is 28.3 Å². The number of hydrogen-bond donors (Lipinski definition) is 2. The Labute approximate surface area is 190 Å². The molecule has 0 heterocycles. The SMILES string of the molecule is Cc1ccc(Oc2cccc(C(NC[C@@H](O)C(F)(F)F)c3cc(C(F)(F)F)ccc3F)c2)cc1. The van der Waals surface area contributed by atoms with Crippen LogP contribution >= 0.6 is 0 Å². The third kappa shape index (κ3) is 6.48. The minimum absolute atomic E-state index is 0.136. The molecule has 3 nitrogen and oxygen atoms in total. The van der Waals surface area contributed by atoms with Gasteiger partial charge in [0, 0.05) is 12.1 Å². The smallest absolute Gasteiger partial charge is 0.416 e. The van der Waals surface area contributed by atoms with E-state index in [4.69, 9.17) is 4.74 Å². The lowest BCUT2D eigenvalue weighted by Crippen LogP contribution is -2.40. The van der Waals surface area contributed by atoms with E-state index in [1.165, 1.54) is 24.3 Å². The molecule has 3 aromatic carbocycles. The molecule has 0 saturated carbocycles. The van der Waals surface area contributed by atoms with Crippen LogP contribution in [0.4, 0.5) is 30.7 Å². The predicted octanol–water partition coefficient (Wildman–Crippen LogP) is 6.55. The van der Waals surface area contributed by atoms with Crippen molar-refractivity contribution in [1.29, 1.82) is 0 Å². The Bertz CT molecular complexity index is 1110. The van der Waals surface area contributed by atoms with Gasteiger partial charge in [0.15, 0.2) is 6.10 Å². The molecule has 0 aliphatic rings. The van der Waals surface area contributed by atoms with Crippen LogP contribution < -0.4 is 10.1 Å². The molecule has 0 fully saturated rings. The Morgan fingerprint density at radius 1 is 0.882 bits per heavy atom. The van der Waals surface area contributed by atoms with Gasteiger partial charge in [0.2, 0.25) is 0 Å². The van der Waals surface area contributed by atoms with E-state index >= 15 is 0 Å². The van der Waals surface area contributed by atoms with Gasteiger partial charge in [-0.05, 0) is 55.0 Å². The van der Waals surface area contributed by atoms with Crippen molar-refractivity contribution >= 4 is 0 Å². The normalized spacial score (nSPS) is 14.0. The van der Waals surface area contributed by atoms with Crippen molar-refractivity contribution in [2.24, 2.45) is 0 Å². The van der Waals surface area contributed by atoms with Crippen molar-refractivity contribution in [1.82, 2.24) is 5.32 Å². The lowest BCUT2D eigenvalue weighted by atomic mass is 9.95. The number of rotatable bonds is 7. The van der Waals surface area contributed by atoms with Crippen LogP contribution in [-0.2, 0) is 6.18 Å². The molecule has 0 aromatic heterocycles. The highest BCUT2D eigenvalue weighted by Crippen LogP contribution is 2.35. The van der Waals surface area contributed by atoms with E-state index in [2.05, 4.69) is 5.32 Å². The van der Waals surface area contributed by atoms with Gasteiger partial charge >= 0.3 is 12.4 Å². The van der Waals surface area contributed by atoms with Crippen molar-refractivity contribution in [2.75, 3.05) is 6.54 Å². The topological polar surface area (TPSA) is 41.5 Å². The molecule has 10 heteroatoms. The van der Waals surface area contributed by atoms with Gasteiger partial charge < -0.3 is 15.2 Å². The number of aliphatic hydroxyl groups is 1. The van der Waals surface area contributed by atoms with Crippen molar-refractivity contribution in [2.45, 2.75) is 31.4 Å². The number of halogens is 7. The molecule has 2 N–H and O–H groups in total. The molecule has 0 spiro atoms. The van der Waals surface area contributed by atoms with Crippen LogP contribution in [0.2, 0.25) is 0 Å². The maximum Gasteiger partial charge on any atom is 0.416 e. The van der Waals surface area contributed by atoms with E-state index in [0.717, 1.165) is 5.56 Å². The van der Waals surface area contributed by atoms with E-state index < -0.39 is 48.0 Å². The molecule has 0 amide bonds. The molecule has 0 radical (unpaired) electrons. The highest BCUT2D eigenvalue weighted by atomic mass is 19.4. The summed E-state index contributed by atoms with van der Waals surface area (Å²) in [4.78, 5) is 0. The van der Waals surface area contributed by atoms with Crippen LogP contribution in [0.25, 0.3) is 0 Å². The van der Waals surface area contributed by atoms with Crippen LogP contribution in [0.3, 0.4) is 0 Å². The minimum Gasteiger partial charge on any atom is -0.457 e. The fourth-order valence-electron chi connectivity index (χ4n) is 3.19. The van der Waals surface area contributed by atoms with Crippen molar-refractivity contribution in [3.05, 3.63) is 94.8 Å². The van der Waals surface area contributed by atoms with Crippen molar-refractivity contribution in [3.63, 3.8) is 0 Å². The predicted molar refractivity (Wildman–Crippen MR) is 111 cm³/mol. The second-order valence-electron chi connectivity index (χ2n) is 7.62. The quantitative estimate of drug-likeness (QED) is 0.372. The van der Waals surface area contributed by atoms with E-state index in [1.54, 1.807) is 24.3 Å². The number of hydrogen-bond acceptors (Lipinski definition) is 3. The fourth-order valence-corrected chi connectivity index (χ4v) is 3.19. The zero-order chi connectivity index (χ0) is 25.1. The molecule has 3 aromatic rings. The van der Waals surface area contributed by atoms with Gasteiger partial charge in [-0.15, -0.1) is 0 Å². The summed E-state index contributed by atoms with van der Waals surface area (Å²) in [7, 11) is 0. The third-order valence-electron chi connectivity index (χ3n) is 4.98. The molecule has 2 atom stereocenters. The van der Waals surface area contributed by atoms with Crippen LogP contribution in [0, 0.1) is 12.7 Å². The highest BCUT2D eigenvalue weighted by molar-refractivity contribution is 5.41. The number of alkyl halides is 6. The van der Waals surface area contributed by atoms with Gasteiger partial charge in [-0.25, -0.2) is 4.39 Å². The van der Waals surface area contributed by atoms with E-state index in [-0.39, 0.29) is 11.3 Å². The summed E-state index contributed by atoms with van der Waals surface area (Å²) in [5, 5.41) is 11.7. The van der Waals surface area contributed by atoms with E-state index in [0.29, 0.717) is 23.9 Å². The summed E-state index contributed by atoms with van der Waals surface area (Å²) in [5.41, 5.74) is -0.582. The van der Waals surface area contributed by atoms with Gasteiger partial charge in [-0.2, -0.15) is 26.3 Å². The second kappa shape index (κ2) is 10.0. The number of nitrogens with one attached hydrogen (secondary N) is 1. The van der Waals surface area contributed by atoms with Gasteiger partial charge in [0.05, 0.1) is 11.6 Å². The van der Waals surface area contributed by atoms with Crippen molar-refractivity contribution < 1.29 is 40.6 Å². The molecular formula is C24H20F7NO2. The second-order valence-corrected chi connectivity index (χ2v) is 7.62. The summed E-state index contributed by atoms with van der Waals surface area (Å²) >= 11 is 0. The summed E-state index contributed by atoms with van der Waals surface area (Å²) < 4.78 is 98.4. The maximum atomic E-state index is 14.6. The number of aliphatic hydroxyl groups excluding tert-OH is 1. The van der Waals surface area contributed by atoms with E-state index in [9.17, 15) is 35.8 Å². The first-order chi connectivity index (χ1) is 15.8. The van der Waals surface area contributed by atoms with Gasteiger partial charge in [0.25, 0.3) is 0 Å². The lowest BCUT2D eigenvalue weighted by Gasteiger charge is -2.24. The Balaban J connectivity index is 2.00. The Kier molecular flexibility index (Phi) is 7.52. The molecule has 34 heavy (non-hydrogen) atoms. The van der Waals surface area contributed by atoms with Gasteiger partial charge in [-0.3, -0.25) is 0 Å². The average Bonchev–Trinajstić information content (AvgIpc) is 2.75. The van der Waals surface area contributed by atoms with Crippen molar-refractivity contribution in [3.8, 4) is 11.5 Å². The van der Waals surface area contributed by atoms with Crippen LogP contribution in [0.15, 0.2) is 66.7 Å². The summed E-state index contributed by atoms with van der Waals surface area (Å²) in [6.45, 7) is 0.798. The summed E-state index contributed by atoms with van der Waals surface area (Å²) in [5.74, 6) is -0.376. The molecule has 0 saturated heterocycles. The Hall–Kier alpha value is -3.11. The van der Waals surface area contributed by atoms with Crippen LogP contribution in [-0.4, -0.2) is 23.9 Å². The number of ether oxygens (including phenoxy) is 1. The number of benzene rings is 3. The van der Waals surface area contributed by atoms with Gasteiger partial charge in [0.1, 0.15) is 17.3 Å². The standard InChI is InChI=1S/C24H20F7NO2/c1-14-5-8-17(9-6-14)34-18-4-2-3-15(11-18)22(32-13-21(33)24(29,30)31)19-12-16(23(26,27)28)7-10-20(19)25/h2-12,21-22,32-33H,13H2,1H3/t21-,22?/m1/s1. The monoisotopic (exact) mass is 487 g/mol. The van der Waals surface area contributed by atoms with Crippen LogP contribution in [0.5, 0.6) is 11.5 Å². The fraction of sp³-hybridized carbons (Fsp3) is 0.250. The molecule has 3 rings (SSSR count). The molecule has 182 valence electrons. The molecule has 0 aliphatic heterocycles. The summed E-state index contributed by atoms with van der Waals surface area (Å²) in [6.07, 6.45) is -12.6. The number of aryl methyl sites for hydroxylation is 1. The summed E-state index contributed by atoms with van der Waals surface area (Å²) in [6, 6.07) is 13.0. The zero-order valence-corrected chi connectivity index (χ0v) is 17.7.